The second-order valence-electron chi connectivity index (χ2n) is 15.2. The van der Waals surface area contributed by atoms with Crippen LogP contribution in [0.1, 0.15) is 22.3 Å². The molecule has 284 valence electrons. The maximum atomic E-state index is 5.39. The third-order valence-corrected chi connectivity index (χ3v) is 13.4. The number of H-pyrrole nitrogens is 1. The van der Waals surface area contributed by atoms with Crippen LogP contribution in [-0.2, 0) is 0 Å². The molecule has 10 rings (SSSR count). The lowest BCUT2D eigenvalue weighted by atomic mass is 9.99. The van der Waals surface area contributed by atoms with Gasteiger partial charge in [-0.05, 0) is 149 Å². The number of fused-ring (bicyclic) bond motifs is 2. The Labute approximate surface area is 351 Å². The van der Waals surface area contributed by atoms with Crippen molar-refractivity contribution < 1.29 is 0 Å². The van der Waals surface area contributed by atoms with Crippen molar-refractivity contribution in [2.24, 2.45) is 4.99 Å². The molecule has 0 atom stereocenters. The molecule has 4 nitrogen and oxygen atoms in total. The number of aromatic nitrogens is 3. The van der Waals surface area contributed by atoms with Crippen molar-refractivity contribution in [3.63, 3.8) is 0 Å². The van der Waals surface area contributed by atoms with Crippen LogP contribution in [-0.4, -0.2) is 15.0 Å². The van der Waals surface area contributed by atoms with E-state index in [1.165, 1.54) is 53.9 Å². The first-order valence-corrected chi connectivity index (χ1v) is 21.5. The van der Waals surface area contributed by atoms with E-state index < -0.39 is 0 Å². The van der Waals surface area contributed by atoms with E-state index in [1.54, 1.807) is 11.3 Å². The Morgan fingerprint density at radius 3 is 1.49 bits per heavy atom. The average Bonchev–Trinajstić information content (AvgIpc) is 3.89. The lowest BCUT2D eigenvalue weighted by molar-refractivity contribution is 1.14. The van der Waals surface area contributed by atoms with Crippen molar-refractivity contribution >= 4 is 48.5 Å². The summed E-state index contributed by atoms with van der Waals surface area (Å²) in [4.78, 5) is 21.7. The van der Waals surface area contributed by atoms with Gasteiger partial charge in [0.25, 0.3) is 0 Å². The molecule has 5 aromatic carbocycles. The van der Waals surface area contributed by atoms with Crippen LogP contribution >= 0.6 is 22.7 Å². The maximum Gasteiger partial charge on any atom is 0.131 e. The van der Waals surface area contributed by atoms with Crippen molar-refractivity contribution in [3.8, 4) is 65.8 Å². The summed E-state index contributed by atoms with van der Waals surface area (Å²) in [5, 5.41) is 2.36. The monoisotopic (exact) mass is 796 g/mol. The summed E-state index contributed by atoms with van der Waals surface area (Å²) < 4.78 is 2.30. The van der Waals surface area contributed by atoms with Crippen LogP contribution in [0.15, 0.2) is 169 Å². The quantitative estimate of drug-likeness (QED) is 0.175. The molecule has 0 aliphatic rings. The number of aromatic amines is 1. The molecule has 0 aliphatic heterocycles. The lowest BCUT2D eigenvalue weighted by Gasteiger charge is -2.10. The molecular weight excluding hydrogens is 757 g/mol. The van der Waals surface area contributed by atoms with Gasteiger partial charge in [0.05, 0.1) is 26.5 Å². The van der Waals surface area contributed by atoms with Gasteiger partial charge in [0, 0.05) is 27.7 Å². The van der Waals surface area contributed by atoms with Crippen molar-refractivity contribution in [1.29, 1.82) is 0 Å². The largest absolute Gasteiger partial charge is 0.338 e. The van der Waals surface area contributed by atoms with Gasteiger partial charge in [0.1, 0.15) is 11.2 Å². The van der Waals surface area contributed by atoms with Gasteiger partial charge < -0.3 is 4.98 Å². The molecule has 0 spiro atoms. The number of pyridine rings is 3. The molecule has 59 heavy (non-hydrogen) atoms. The molecule has 0 saturated carbocycles. The molecule has 0 bridgehead atoms. The van der Waals surface area contributed by atoms with E-state index in [0.29, 0.717) is 0 Å². The highest BCUT2D eigenvalue weighted by Crippen LogP contribution is 2.43. The predicted molar refractivity (Wildman–Crippen MR) is 250 cm³/mol. The first kappa shape index (κ1) is 36.6. The van der Waals surface area contributed by atoms with Crippen molar-refractivity contribution in [2.75, 3.05) is 0 Å². The Hall–Kier alpha value is -6.73. The van der Waals surface area contributed by atoms with E-state index in [-0.39, 0.29) is 0 Å². The number of nitrogens with zero attached hydrogens (tertiary/aromatic N) is 3. The normalized spacial score (nSPS) is 11.8. The summed E-state index contributed by atoms with van der Waals surface area (Å²) in [6.45, 7) is 8.77. The van der Waals surface area contributed by atoms with Crippen molar-refractivity contribution in [2.45, 2.75) is 27.7 Å². The smallest absolute Gasteiger partial charge is 0.131 e. The standard InChI is InChI=1S/C53H40N4S2/c1-32-13-11-14-33(2)48(32)45-29-38-21-23-54-50(52(38)58-45)42-25-40(36-17-7-5-8-18-36)26-43(27-42)56-47-31-41(37-19-9-6-10-20-37)28-44(57-47)51-53-39(22-24-55-51)30-46(59-53)49-34(3)15-12-16-35(49)4/h5-31H,1-4H3,(H,56,57). The van der Waals surface area contributed by atoms with Gasteiger partial charge in [-0.3, -0.25) is 9.97 Å². The van der Waals surface area contributed by atoms with Crippen LogP contribution < -0.4 is 5.49 Å². The number of rotatable bonds is 7. The van der Waals surface area contributed by atoms with Crippen molar-refractivity contribution in [1.82, 2.24) is 15.0 Å². The van der Waals surface area contributed by atoms with Gasteiger partial charge in [0.2, 0.25) is 0 Å². The first-order valence-electron chi connectivity index (χ1n) is 19.8. The Kier molecular flexibility index (Phi) is 9.44. The number of hydrogen-bond donors (Lipinski definition) is 1. The molecule has 6 heteroatoms. The summed E-state index contributed by atoms with van der Waals surface area (Å²) in [5.74, 6) is 0. The zero-order valence-corrected chi connectivity index (χ0v) is 34.9. The Morgan fingerprint density at radius 1 is 0.441 bits per heavy atom. The molecule has 0 amide bonds. The van der Waals surface area contributed by atoms with Crippen molar-refractivity contribution in [3.05, 3.63) is 192 Å². The third kappa shape index (κ3) is 7.01. The summed E-state index contributed by atoms with van der Waals surface area (Å²) in [5.41, 5.74) is 17.4. The van der Waals surface area contributed by atoms with E-state index >= 15 is 0 Å². The van der Waals surface area contributed by atoms with Crippen LogP contribution in [0.25, 0.3) is 86.0 Å². The van der Waals surface area contributed by atoms with Gasteiger partial charge in [-0.15, -0.1) is 22.7 Å². The van der Waals surface area contributed by atoms with E-state index in [4.69, 9.17) is 15.0 Å². The number of hydrogen-bond acceptors (Lipinski definition) is 5. The van der Waals surface area contributed by atoms with Crippen LogP contribution in [0.4, 0.5) is 5.69 Å². The lowest BCUT2D eigenvalue weighted by Crippen LogP contribution is -2.09. The second kappa shape index (κ2) is 15.2. The fourth-order valence-electron chi connectivity index (χ4n) is 8.27. The molecule has 0 saturated heterocycles. The average molecular weight is 797 g/mol. The van der Waals surface area contributed by atoms with Gasteiger partial charge in [0.15, 0.2) is 0 Å². The molecule has 1 N–H and O–H groups in total. The molecule has 5 heterocycles. The second-order valence-corrected chi connectivity index (χ2v) is 17.3. The Morgan fingerprint density at radius 2 is 0.932 bits per heavy atom. The fraction of sp³-hybridized carbons (Fsp3) is 0.0755. The van der Waals surface area contributed by atoms with E-state index in [9.17, 15) is 0 Å². The number of nitrogens with one attached hydrogen (secondary N) is 1. The molecular formula is C53H40N4S2. The summed E-state index contributed by atoms with van der Waals surface area (Å²) in [6, 6.07) is 53.9. The van der Waals surface area contributed by atoms with Gasteiger partial charge >= 0.3 is 0 Å². The highest BCUT2D eigenvalue weighted by atomic mass is 32.1. The van der Waals surface area contributed by atoms with Crippen LogP contribution in [0.2, 0.25) is 0 Å². The minimum atomic E-state index is 0.738. The van der Waals surface area contributed by atoms with E-state index in [0.717, 1.165) is 65.5 Å². The highest BCUT2D eigenvalue weighted by Gasteiger charge is 2.17. The van der Waals surface area contributed by atoms with Crippen LogP contribution in [0, 0.1) is 27.7 Å². The molecule has 0 radical (unpaired) electrons. The van der Waals surface area contributed by atoms with E-state index in [1.807, 2.05) is 23.7 Å². The molecule has 0 fully saturated rings. The Bertz CT molecular complexity index is 3220. The molecule has 0 aliphatic carbocycles. The minimum absolute atomic E-state index is 0.738. The Balaban J connectivity index is 1.16. The molecule has 0 unspecified atom stereocenters. The summed E-state index contributed by atoms with van der Waals surface area (Å²) in [7, 11) is 0. The van der Waals surface area contributed by atoms with Gasteiger partial charge in [-0.1, -0.05) is 97.1 Å². The number of thiophene rings is 2. The van der Waals surface area contributed by atoms with E-state index in [2.05, 4.69) is 184 Å². The first-order chi connectivity index (χ1) is 28.9. The molecule has 10 aromatic rings. The number of aryl methyl sites for hydroxylation is 4. The predicted octanol–water partition coefficient (Wildman–Crippen LogP) is 14.7. The van der Waals surface area contributed by atoms with Crippen LogP contribution in [0.3, 0.4) is 0 Å². The maximum absolute atomic E-state index is 5.39. The van der Waals surface area contributed by atoms with Gasteiger partial charge in [-0.25, -0.2) is 4.99 Å². The van der Waals surface area contributed by atoms with Crippen LogP contribution in [0.5, 0.6) is 0 Å². The topological polar surface area (TPSA) is 53.9 Å². The summed E-state index contributed by atoms with van der Waals surface area (Å²) >= 11 is 3.60. The zero-order chi connectivity index (χ0) is 40.0. The van der Waals surface area contributed by atoms with Gasteiger partial charge in [-0.2, -0.15) is 0 Å². The minimum Gasteiger partial charge on any atom is -0.338 e. The third-order valence-electron chi connectivity index (χ3n) is 11.1. The highest BCUT2D eigenvalue weighted by molar-refractivity contribution is 7.23. The number of benzene rings is 5. The molecule has 5 aromatic heterocycles. The zero-order valence-electron chi connectivity index (χ0n) is 33.2. The SMILES string of the molecule is Cc1cccc(C)c1-c1cc2ccnc(-c3cc(N=c4cc(-c5ccccc5)cc(-c5nccc6cc(-c7c(C)cccc7C)sc56)[nH]4)cc(-c4ccccc4)c3)c2s1. The fourth-order valence-corrected chi connectivity index (χ4v) is 10.9. The summed E-state index contributed by atoms with van der Waals surface area (Å²) in [6.07, 6.45) is 3.84.